The molecule has 1 amide bonds. The summed E-state index contributed by atoms with van der Waals surface area (Å²) in [6, 6.07) is 7.16. The predicted octanol–water partition coefficient (Wildman–Crippen LogP) is 1.73. The molecule has 0 unspecified atom stereocenters. The molecular weight excluding hydrogens is 342 g/mol. The Bertz CT molecular complexity index is 995. The van der Waals surface area contributed by atoms with Crippen molar-refractivity contribution in [3.05, 3.63) is 50.7 Å². The minimum Gasteiger partial charge on any atom is -0.485 e. The summed E-state index contributed by atoms with van der Waals surface area (Å²) in [6.07, 6.45) is 0.427. The minimum absolute atomic E-state index is 0.176. The zero-order valence-electron chi connectivity index (χ0n) is 13.2. The number of carbonyl (C=O) groups excluding carboxylic acids is 1. The van der Waals surface area contributed by atoms with Crippen LogP contribution in [-0.4, -0.2) is 35.6 Å². The maximum atomic E-state index is 12.3. The first-order chi connectivity index (χ1) is 12.2. The Labute approximate surface area is 146 Å². The van der Waals surface area contributed by atoms with Gasteiger partial charge in [0.05, 0.1) is 10.9 Å². The lowest BCUT2D eigenvalue weighted by Gasteiger charge is -2.15. The van der Waals surface area contributed by atoms with Gasteiger partial charge in [0.2, 0.25) is 0 Å². The lowest BCUT2D eigenvalue weighted by Crippen LogP contribution is -2.27. The molecule has 0 spiro atoms. The summed E-state index contributed by atoms with van der Waals surface area (Å²) in [5, 5.41) is 5.15. The van der Waals surface area contributed by atoms with Crippen molar-refractivity contribution in [3.8, 4) is 11.5 Å². The van der Waals surface area contributed by atoms with Crippen LogP contribution in [0.5, 0.6) is 11.5 Å². The van der Waals surface area contributed by atoms with E-state index >= 15 is 0 Å². The van der Waals surface area contributed by atoms with Crippen LogP contribution >= 0.6 is 11.3 Å². The average Bonchev–Trinajstić information content (AvgIpc) is 3.06. The molecule has 0 radical (unpaired) electrons. The molecule has 0 saturated heterocycles. The van der Waals surface area contributed by atoms with Crippen LogP contribution in [0.2, 0.25) is 0 Å². The molecule has 0 atom stereocenters. The number of nitrogens with one attached hydrogen (secondary N) is 2. The van der Waals surface area contributed by atoms with E-state index in [0.29, 0.717) is 59.3 Å². The van der Waals surface area contributed by atoms with E-state index in [4.69, 9.17) is 9.47 Å². The number of thiophene rings is 1. The van der Waals surface area contributed by atoms with Gasteiger partial charge in [0.1, 0.15) is 23.9 Å². The van der Waals surface area contributed by atoms with Gasteiger partial charge in [-0.1, -0.05) is 12.1 Å². The number of para-hydroxylation sites is 1. The Balaban J connectivity index is 1.43. The van der Waals surface area contributed by atoms with E-state index in [1.807, 2.05) is 6.07 Å². The Hall–Kier alpha value is -2.87. The van der Waals surface area contributed by atoms with E-state index in [0.717, 1.165) is 0 Å². The quantitative estimate of drug-likeness (QED) is 0.742. The molecule has 3 heterocycles. The monoisotopic (exact) mass is 357 g/mol. The van der Waals surface area contributed by atoms with Crippen LogP contribution in [0.1, 0.15) is 15.5 Å². The van der Waals surface area contributed by atoms with Crippen LogP contribution < -0.4 is 20.3 Å². The molecule has 0 fully saturated rings. The number of aromatic nitrogens is 2. The van der Waals surface area contributed by atoms with Gasteiger partial charge in [-0.25, -0.2) is 4.98 Å². The number of hydrogen-bond acceptors (Lipinski definition) is 6. The molecule has 1 aromatic carbocycles. The number of H-pyrrole nitrogens is 1. The highest BCUT2D eigenvalue weighted by atomic mass is 32.1. The van der Waals surface area contributed by atoms with Crippen molar-refractivity contribution >= 4 is 28.1 Å². The van der Waals surface area contributed by atoms with Gasteiger partial charge >= 0.3 is 0 Å². The Morgan fingerprint density at radius 3 is 3.04 bits per heavy atom. The Morgan fingerprint density at radius 2 is 2.12 bits per heavy atom. The van der Waals surface area contributed by atoms with Gasteiger partial charge in [-0.15, -0.1) is 11.3 Å². The van der Waals surface area contributed by atoms with Gasteiger partial charge in [-0.05, 0) is 12.1 Å². The molecule has 1 aliphatic heterocycles. The van der Waals surface area contributed by atoms with Crippen LogP contribution in [0.25, 0.3) is 10.9 Å². The molecular formula is C17H15N3O4S. The normalized spacial score (nSPS) is 13.0. The fourth-order valence-electron chi connectivity index (χ4n) is 2.65. The lowest BCUT2D eigenvalue weighted by atomic mass is 10.2. The standard InChI is InChI=1S/C17H15N3O4S/c21-16-10-3-1-2-4-11(10)19-13(20-16)5-6-18-17(22)15-14-12(9-25-15)23-7-8-24-14/h1-4,9H,5-8H2,(H,18,22)(H,19,20,21). The Kier molecular flexibility index (Phi) is 4.10. The van der Waals surface area contributed by atoms with Gasteiger partial charge in [0, 0.05) is 18.3 Å². The van der Waals surface area contributed by atoms with E-state index in [1.165, 1.54) is 11.3 Å². The SMILES string of the molecule is O=C(NCCc1nc2ccccc2c(=O)[nH]1)c1scc2c1OCCO2. The molecule has 4 rings (SSSR count). The maximum Gasteiger partial charge on any atom is 0.265 e. The number of hydrogen-bond donors (Lipinski definition) is 2. The largest absolute Gasteiger partial charge is 0.485 e. The highest BCUT2D eigenvalue weighted by molar-refractivity contribution is 7.12. The molecule has 8 heteroatoms. The molecule has 2 aromatic heterocycles. The third-order valence-corrected chi connectivity index (χ3v) is 4.76. The number of carbonyl (C=O) groups is 1. The second-order valence-corrected chi connectivity index (χ2v) is 6.37. The van der Waals surface area contributed by atoms with E-state index in [-0.39, 0.29) is 11.5 Å². The van der Waals surface area contributed by atoms with E-state index < -0.39 is 0 Å². The highest BCUT2D eigenvalue weighted by Gasteiger charge is 2.23. The van der Waals surface area contributed by atoms with Crippen LogP contribution in [0, 0.1) is 0 Å². The molecule has 1 aliphatic rings. The van der Waals surface area contributed by atoms with E-state index in [2.05, 4.69) is 15.3 Å². The second kappa shape index (κ2) is 6.56. The summed E-state index contributed by atoms with van der Waals surface area (Å²) in [7, 11) is 0. The summed E-state index contributed by atoms with van der Waals surface area (Å²) in [5.74, 6) is 1.43. The average molecular weight is 357 g/mol. The van der Waals surface area contributed by atoms with Crippen molar-refractivity contribution < 1.29 is 14.3 Å². The smallest absolute Gasteiger partial charge is 0.265 e. The highest BCUT2D eigenvalue weighted by Crippen LogP contribution is 2.39. The first-order valence-electron chi connectivity index (χ1n) is 7.85. The summed E-state index contributed by atoms with van der Waals surface area (Å²) >= 11 is 1.29. The fourth-order valence-corrected chi connectivity index (χ4v) is 3.49. The molecule has 128 valence electrons. The first-order valence-corrected chi connectivity index (χ1v) is 8.73. The maximum absolute atomic E-state index is 12.3. The van der Waals surface area contributed by atoms with Crippen LogP contribution in [0.4, 0.5) is 0 Å². The van der Waals surface area contributed by atoms with Gasteiger partial charge in [0.25, 0.3) is 11.5 Å². The fraction of sp³-hybridized carbons (Fsp3) is 0.235. The lowest BCUT2D eigenvalue weighted by molar-refractivity contribution is 0.0949. The van der Waals surface area contributed by atoms with Crippen LogP contribution in [-0.2, 0) is 6.42 Å². The molecule has 0 saturated carbocycles. The number of fused-ring (bicyclic) bond motifs is 2. The zero-order chi connectivity index (χ0) is 17.2. The molecule has 25 heavy (non-hydrogen) atoms. The number of amides is 1. The third-order valence-electron chi connectivity index (χ3n) is 3.82. The molecule has 2 N–H and O–H groups in total. The number of aromatic amines is 1. The number of benzene rings is 1. The topological polar surface area (TPSA) is 93.3 Å². The molecule has 0 bridgehead atoms. The number of ether oxygens (including phenoxy) is 2. The van der Waals surface area contributed by atoms with E-state index in [1.54, 1.807) is 23.6 Å². The van der Waals surface area contributed by atoms with Crippen molar-refractivity contribution in [2.45, 2.75) is 6.42 Å². The predicted molar refractivity (Wildman–Crippen MR) is 93.7 cm³/mol. The van der Waals surface area contributed by atoms with Gasteiger partial charge < -0.3 is 19.8 Å². The first kappa shape index (κ1) is 15.6. The van der Waals surface area contributed by atoms with Crippen LogP contribution in [0.3, 0.4) is 0 Å². The van der Waals surface area contributed by atoms with Gasteiger partial charge in [-0.2, -0.15) is 0 Å². The molecule has 7 nitrogen and oxygen atoms in total. The van der Waals surface area contributed by atoms with Crippen molar-refractivity contribution in [2.75, 3.05) is 19.8 Å². The molecule has 0 aliphatic carbocycles. The van der Waals surface area contributed by atoms with Crippen LogP contribution in [0.15, 0.2) is 34.4 Å². The minimum atomic E-state index is -0.222. The number of rotatable bonds is 4. The summed E-state index contributed by atoms with van der Waals surface area (Å²) < 4.78 is 10.9. The van der Waals surface area contributed by atoms with Crippen molar-refractivity contribution in [1.29, 1.82) is 0 Å². The van der Waals surface area contributed by atoms with Gasteiger partial charge in [-0.3, -0.25) is 9.59 Å². The number of nitrogens with zero attached hydrogens (tertiary/aromatic N) is 1. The summed E-state index contributed by atoms with van der Waals surface area (Å²) in [6.45, 7) is 1.28. The van der Waals surface area contributed by atoms with E-state index in [9.17, 15) is 9.59 Å². The third kappa shape index (κ3) is 3.08. The van der Waals surface area contributed by atoms with Crippen molar-refractivity contribution in [2.24, 2.45) is 0 Å². The second-order valence-electron chi connectivity index (χ2n) is 5.49. The Morgan fingerprint density at radius 1 is 1.28 bits per heavy atom. The zero-order valence-corrected chi connectivity index (χ0v) is 14.0. The summed E-state index contributed by atoms with van der Waals surface area (Å²) in [5.41, 5.74) is 0.468. The summed E-state index contributed by atoms with van der Waals surface area (Å²) in [4.78, 5) is 32.0. The molecule has 3 aromatic rings. The van der Waals surface area contributed by atoms with Crippen molar-refractivity contribution in [1.82, 2.24) is 15.3 Å². The van der Waals surface area contributed by atoms with Gasteiger partial charge in [0.15, 0.2) is 11.5 Å². The van der Waals surface area contributed by atoms with Crippen molar-refractivity contribution in [3.63, 3.8) is 0 Å².